The van der Waals surface area contributed by atoms with Crippen molar-refractivity contribution < 1.29 is 4.74 Å². The van der Waals surface area contributed by atoms with Crippen LogP contribution in [0.2, 0.25) is 0 Å². The summed E-state index contributed by atoms with van der Waals surface area (Å²) in [5, 5.41) is 4.06. The van der Waals surface area contributed by atoms with E-state index in [9.17, 15) is 0 Å². The standard InChI is InChI=1S/C13H17NOS/c1-15-13(16)11-6-4-10(5-7-11)9-12-3-2-8-14-12/h4-7,12,14H,2-3,8-9H2,1H3. The lowest BCUT2D eigenvalue weighted by molar-refractivity contribution is 0.416. The summed E-state index contributed by atoms with van der Waals surface area (Å²) >= 11 is 5.07. The van der Waals surface area contributed by atoms with Gasteiger partial charge in [0.25, 0.3) is 0 Å². The van der Waals surface area contributed by atoms with Crippen LogP contribution in [0.1, 0.15) is 24.0 Å². The van der Waals surface area contributed by atoms with Gasteiger partial charge >= 0.3 is 0 Å². The van der Waals surface area contributed by atoms with Gasteiger partial charge in [0, 0.05) is 11.6 Å². The van der Waals surface area contributed by atoms with E-state index in [2.05, 4.69) is 17.4 Å². The molecule has 1 aliphatic rings. The summed E-state index contributed by atoms with van der Waals surface area (Å²) in [4.78, 5) is 0. The third kappa shape index (κ3) is 2.80. The lowest BCUT2D eigenvalue weighted by Crippen LogP contribution is -2.23. The zero-order chi connectivity index (χ0) is 11.4. The maximum Gasteiger partial charge on any atom is 0.190 e. The van der Waals surface area contributed by atoms with Gasteiger partial charge in [0.1, 0.15) is 0 Å². The number of hydrogen-bond donors (Lipinski definition) is 1. The van der Waals surface area contributed by atoms with E-state index in [1.165, 1.54) is 18.4 Å². The molecule has 1 aliphatic heterocycles. The van der Waals surface area contributed by atoms with Gasteiger partial charge in [-0.3, -0.25) is 0 Å². The molecule has 1 saturated heterocycles. The molecule has 2 nitrogen and oxygen atoms in total. The van der Waals surface area contributed by atoms with Gasteiger partial charge in [-0.1, -0.05) is 24.3 Å². The van der Waals surface area contributed by atoms with E-state index in [-0.39, 0.29) is 0 Å². The molecule has 1 aromatic rings. The van der Waals surface area contributed by atoms with E-state index in [0.29, 0.717) is 11.1 Å². The van der Waals surface area contributed by atoms with Crippen LogP contribution in [0.4, 0.5) is 0 Å². The molecule has 0 aliphatic carbocycles. The van der Waals surface area contributed by atoms with Gasteiger partial charge < -0.3 is 10.1 Å². The highest BCUT2D eigenvalue weighted by Gasteiger charge is 2.14. The second-order valence-corrected chi connectivity index (χ2v) is 4.56. The van der Waals surface area contributed by atoms with E-state index < -0.39 is 0 Å². The summed E-state index contributed by atoms with van der Waals surface area (Å²) in [5.41, 5.74) is 2.35. The van der Waals surface area contributed by atoms with Gasteiger partial charge in [0.2, 0.25) is 0 Å². The smallest absolute Gasteiger partial charge is 0.190 e. The molecule has 1 fully saturated rings. The first-order valence-electron chi connectivity index (χ1n) is 5.70. The second-order valence-electron chi connectivity index (χ2n) is 4.19. The van der Waals surface area contributed by atoms with Gasteiger partial charge in [-0.15, -0.1) is 0 Å². The molecular formula is C13H17NOS. The SMILES string of the molecule is COC(=S)c1ccc(CC2CCCN2)cc1. The van der Waals surface area contributed by atoms with Crippen LogP contribution >= 0.6 is 12.2 Å². The van der Waals surface area contributed by atoms with Crippen LogP contribution in [0.5, 0.6) is 0 Å². The lowest BCUT2D eigenvalue weighted by atomic mass is 10.0. The van der Waals surface area contributed by atoms with E-state index in [4.69, 9.17) is 17.0 Å². The monoisotopic (exact) mass is 235 g/mol. The molecule has 0 amide bonds. The number of benzene rings is 1. The van der Waals surface area contributed by atoms with Crippen molar-refractivity contribution >= 4 is 17.3 Å². The molecule has 0 spiro atoms. The van der Waals surface area contributed by atoms with Crippen LogP contribution in [0.25, 0.3) is 0 Å². The number of ether oxygens (including phenoxy) is 1. The Kier molecular flexibility index (Phi) is 3.91. The maximum absolute atomic E-state index is 5.07. The molecule has 0 saturated carbocycles. The van der Waals surface area contributed by atoms with Gasteiger partial charge in [-0.25, -0.2) is 0 Å². The van der Waals surface area contributed by atoms with Gasteiger partial charge in [-0.05, 0) is 43.6 Å². The largest absolute Gasteiger partial charge is 0.486 e. The van der Waals surface area contributed by atoms with Crippen LogP contribution in [0, 0.1) is 0 Å². The first-order valence-corrected chi connectivity index (χ1v) is 6.11. The Morgan fingerprint density at radius 2 is 2.19 bits per heavy atom. The number of methoxy groups -OCH3 is 1. The summed E-state index contributed by atoms with van der Waals surface area (Å²) < 4.78 is 5.03. The Hall–Kier alpha value is -0.930. The molecule has 1 N–H and O–H groups in total. The maximum atomic E-state index is 5.07. The molecule has 0 aromatic heterocycles. The number of nitrogens with one attached hydrogen (secondary N) is 1. The minimum absolute atomic E-state index is 0.561. The van der Waals surface area contributed by atoms with Crippen LogP contribution in [0.3, 0.4) is 0 Å². The molecule has 86 valence electrons. The summed E-state index contributed by atoms with van der Waals surface area (Å²) in [6.45, 7) is 1.16. The minimum atomic E-state index is 0.561. The Morgan fingerprint density at radius 3 is 2.75 bits per heavy atom. The fourth-order valence-electron chi connectivity index (χ4n) is 2.11. The fraction of sp³-hybridized carbons (Fsp3) is 0.462. The fourth-order valence-corrected chi connectivity index (χ4v) is 2.25. The molecular weight excluding hydrogens is 218 g/mol. The number of rotatable bonds is 3. The molecule has 1 atom stereocenters. The van der Waals surface area contributed by atoms with Crippen molar-refractivity contribution in [1.82, 2.24) is 5.32 Å². The Bertz CT molecular complexity index is 355. The normalized spacial score (nSPS) is 19.7. The van der Waals surface area contributed by atoms with Crippen molar-refractivity contribution in [3.63, 3.8) is 0 Å². The van der Waals surface area contributed by atoms with E-state index in [1.54, 1.807) is 7.11 Å². The Labute approximate surface area is 102 Å². The van der Waals surface area contributed by atoms with Crippen LogP contribution in [-0.4, -0.2) is 24.7 Å². The minimum Gasteiger partial charge on any atom is -0.486 e. The second kappa shape index (κ2) is 5.41. The van der Waals surface area contributed by atoms with Crippen LogP contribution in [0.15, 0.2) is 24.3 Å². The Balaban J connectivity index is 1.98. The number of hydrogen-bond acceptors (Lipinski definition) is 3. The molecule has 1 aromatic carbocycles. The van der Waals surface area contributed by atoms with E-state index in [0.717, 1.165) is 18.5 Å². The highest BCUT2D eigenvalue weighted by molar-refractivity contribution is 7.80. The van der Waals surface area contributed by atoms with E-state index in [1.807, 2.05) is 12.1 Å². The molecule has 3 heteroatoms. The van der Waals surface area contributed by atoms with Gasteiger partial charge in [0.05, 0.1) is 7.11 Å². The summed E-state index contributed by atoms with van der Waals surface area (Å²) in [6, 6.07) is 9.01. The van der Waals surface area contributed by atoms with Crippen molar-refractivity contribution in [2.75, 3.05) is 13.7 Å². The third-order valence-electron chi connectivity index (χ3n) is 3.02. The van der Waals surface area contributed by atoms with Crippen molar-refractivity contribution in [3.05, 3.63) is 35.4 Å². The highest BCUT2D eigenvalue weighted by Crippen LogP contribution is 2.13. The van der Waals surface area contributed by atoms with Crippen LogP contribution < -0.4 is 5.32 Å². The van der Waals surface area contributed by atoms with Crippen molar-refractivity contribution in [2.45, 2.75) is 25.3 Å². The zero-order valence-corrected chi connectivity index (χ0v) is 10.3. The predicted molar refractivity (Wildman–Crippen MR) is 69.9 cm³/mol. The van der Waals surface area contributed by atoms with Crippen molar-refractivity contribution in [1.29, 1.82) is 0 Å². The average molecular weight is 235 g/mol. The van der Waals surface area contributed by atoms with Crippen molar-refractivity contribution in [3.8, 4) is 0 Å². The molecule has 16 heavy (non-hydrogen) atoms. The van der Waals surface area contributed by atoms with Gasteiger partial charge in [0.15, 0.2) is 5.05 Å². The lowest BCUT2D eigenvalue weighted by Gasteiger charge is -2.10. The molecule has 1 heterocycles. The van der Waals surface area contributed by atoms with Gasteiger partial charge in [-0.2, -0.15) is 0 Å². The predicted octanol–water partition coefficient (Wildman–Crippen LogP) is 2.30. The van der Waals surface area contributed by atoms with E-state index >= 15 is 0 Å². The quantitative estimate of drug-likeness (QED) is 0.812. The molecule has 0 bridgehead atoms. The Morgan fingerprint density at radius 1 is 1.44 bits per heavy atom. The molecule has 0 radical (unpaired) electrons. The number of thiocarbonyl (C=S) groups is 1. The van der Waals surface area contributed by atoms with Crippen molar-refractivity contribution in [2.24, 2.45) is 0 Å². The summed E-state index contributed by atoms with van der Waals surface area (Å²) in [7, 11) is 1.61. The average Bonchev–Trinajstić information content (AvgIpc) is 2.82. The topological polar surface area (TPSA) is 21.3 Å². The highest BCUT2D eigenvalue weighted by atomic mass is 32.1. The zero-order valence-electron chi connectivity index (χ0n) is 9.53. The third-order valence-corrected chi connectivity index (χ3v) is 3.42. The summed E-state index contributed by atoms with van der Waals surface area (Å²) in [6.07, 6.45) is 3.70. The first kappa shape index (κ1) is 11.6. The first-order chi connectivity index (χ1) is 7.79. The van der Waals surface area contributed by atoms with Crippen LogP contribution in [-0.2, 0) is 11.2 Å². The molecule has 2 rings (SSSR count). The summed E-state index contributed by atoms with van der Waals surface area (Å²) in [5.74, 6) is 0. The molecule has 1 unspecified atom stereocenters.